The van der Waals surface area contributed by atoms with Crippen LogP contribution in [0, 0.1) is 0 Å². The molecule has 4 aromatic carbocycles. The summed E-state index contributed by atoms with van der Waals surface area (Å²) in [6, 6.07) is 26.4. The number of nitrogens with zero attached hydrogens (tertiary/aromatic N) is 8. The van der Waals surface area contributed by atoms with E-state index in [1.165, 1.54) is 41.3 Å². The maximum absolute atomic E-state index is 12.7. The monoisotopic (exact) mass is 899 g/mol. The average molecular weight is 900 g/mol. The Labute approximate surface area is 364 Å². The molecular formula is C40H43N12O9S2-. The predicted molar refractivity (Wildman–Crippen MR) is 237 cm³/mol. The van der Waals surface area contributed by atoms with Crippen LogP contribution in [0.15, 0.2) is 107 Å². The molecule has 6 rings (SSSR count). The van der Waals surface area contributed by atoms with Gasteiger partial charge in [-0.05, 0) is 70.7 Å². The van der Waals surface area contributed by atoms with E-state index in [4.69, 9.17) is 0 Å². The minimum absolute atomic E-state index is 0.0131. The second-order valence-corrected chi connectivity index (χ2v) is 15.5. The maximum atomic E-state index is 12.7. The lowest BCUT2D eigenvalue weighted by atomic mass is 10.1. The Morgan fingerprint density at radius 2 is 0.921 bits per heavy atom. The van der Waals surface area contributed by atoms with Crippen molar-refractivity contribution in [3.63, 3.8) is 0 Å². The Balaban J connectivity index is 1.28. The number of rotatable bonds is 22. The molecule has 330 valence electrons. The van der Waals surface area contributed by atoms with Gasteiger partial charge in [0, 0.05) is 53.8 Å². The molecule has 6 aromatic rings. The molecule has 23 heteroatoms. The van der Waals surface area contributed by atoms with Crippen LogP contribution >= 0.6 is 0 Å². The van der Waals surface area contributed by atoms with E-state index in [0.717, 1.165) is 6.07 Å². The van der Waals surface area contributed by atoms with E-state index in [9.17, 15) is 42.2 Å². The standard InChI is InChI=1S/C40H44N12O9S2/c53-21-17-51(18-22-54)39-47-35(41-29-7-3-1-4-8-29)45-37(49-39)43-31-15-13-27(33(25-31)62(57)58)11-12-28-14-16-32(26-34(28)63(59,60)61)44-38-46-36(42-30-9-5-2-6-10-30)48-40(50-38)52(19-23-55)20-24-56/h1-16,25-26,53-56H,17-24H2,(H,57,58)(H,59,60,61)(H2,41,43,45,47,49)(H2,42,44,46,48,50)/p-1/b12-11+. The molecule has 0 aliphatic rings. The molecule has 0 bridgehead atoms. The Bertz CT molecular complexity index is 2620. The smallest absolute Gasteiger partial charge is 0.295 e. The summed E-state index contributed by atoms with van der Waals surface area (Å²) in [5.41, 5.74) is 1.92. The molecule has 9 N–H and O–H groups in total. The molecule has 1 unspecified atom stereocenters. The van der Waals surface area contributed by atoms with Crippen LogP contribution in [0.4, 0.5) is 58.4 Å². The number of anilines is 10. The zero-order valence-electron chi connectivity index (χ0n) is 33.3. The minimum Gasteiger partial charge on any atom is -0.768 e. The van der Waals surface area contributed by atoms with Gasteiger partial charge in [-0.1, -0.05) is 60.7 Å². The lowest BCUT2D eigenvalue weighted by Gasteiger charge is -2.21. The lowest BCUT2D eigenvalue weighted by Crippen LogP contribution is -2.31. The Morgan fingerprint density at radius 3 is 1.32 bits per heavy atom. The van der Waals surface area contributed by atoms with Crippen LogP contribution in [0.3, 0.4) is 0 Å². The molecule has 0 spiro atoms. The number of aliphatic hydroxyl groups is 4. The van der Waals surface area contributed by atoms with Gasteiger partial charge in [-0.2, -0.15) is 38.3 Å². The van der Waals surface area contributed by atoms with Crippen molar-refractivity contribution in [1.82, 2.24) is 29.9 Å². The first-order valence-electron chi connectivity index (χ1n) is 19.1. The van der Waals surface area contributed by atoms with Crippen LogP contribution in [0.1, 0.15) is 11.1 Å². The highest BCUT2D eigenvalue weighted by Gasteiger charge is 2.19. The van der Waals surface area contributed by atoms with Crippen LogP contribution in [-0.2, 0) is 21.2 Å². The number of hydrogen-bond donors (Lipinski definition) is 9. The third kappa shape index (κ3) is 12.9. The van der Waals surface area contributed by atoms with Gasteiger partial charge >= 0.3 is 0 Å². The van der Waals surface area contributed by atoms with Gasteiger partial charge in [0.25, 0.3) is 10.1 Å². The SMILES string of the molecule is O=S([O-])c1cc(Nc2nc(Nc3ccccc3)nc(N(CCO)CCO)n2)ccc1/C=C/c1ccc(Nc2nc(Nc3ccccc3)nc(N(CCO)CCO)n2)cc1S(=O)(=O)O. The average Bonchev–Trinajstić information content (AvgIpc) is 3.26. The molecule has 1 atom stereocenters. The third-order valence-electron chi connectivity index (χ3n) is 8.79. The molecule has 63 heavy (non-hydrogen) atoms. The predicted octanol–water partition coefficient (Wildman–Crippen LogP) is 3.27. The summed E-state index contributed by atoms with van der Waals surface area (Å²) in [4.78, 5) is 28.9. The number of para-hydroxylation sites is 2. The second-order valence-electron chi connectivity index (χ2n) is 13.2. The number of benzene rings is 4. The van der Waals surface area contributed by atoms with Crippen molar-refractivity contribution in [2.45, 2.75) is 9.79 Å². The zero-order chi connectivity index (χ0) is 44.8. The quantitative estimate of drug-likeness (QED) is 0.0268. The van der Waals surface area contributed by atoms with Gasteiger partial charge in [-0.25, -0.2) is 0 Å². The molecule has 21 nitrogen and oxygen atoms in total. The maximum Gasteiger partial charge on any atom is 0.295 e. The number of nitrogens with one attached hydrogen (secondary N) is 4. The summed E-state index contributed by atoms with van der Waals surface area (Å²) in [6.07, 6.45) is 2.69. The molecule has 0 saturated carbocycles. The first-order valence-corrected chi connectivity index (χ1v) is 21.6. The van der Waals surface area contributed by atoms with Crippen LogP contribution in [0.25, 0.3) is 12.2 Å². The van der Waals surface area contributed by atoms with Crippen molar-refractivity contribution in [1.29, 1.82) is 0 Å². The number of aliphatic hydroxyl groups excluding tert-OH is 4. The van der Waals surface area contributed by atoms with E-state index < -0.39 is 26.1 Å². The summed E-state index contributed by atoms with van der Waals surface area (Å²) in [5.74, 6) is 0.432. The highest BCUT2D eigenvalue weighted by molar-refractivity contribution is 7.86. The summed E-state index contributed by atoms with van der Waals surface area (Å²) >= 11 is -2.79. The highest BCUT2D eigenvalue weighted by atomic mass is 32.2. The summed E-state index contributed by atoms with van der Waals surface area (Å²) in [7, 11) is -4.85. The topological polar surface area (TPSA) is 307 Å². The summed E-state index contributed by atoms with van der Waals surface area (Å²) in [5, 5.41) is 50.5. The van der Waals surface area contributed by atoms with Crippen molar-refractivity contribution in [2.24, 2.45) is 0 Å². The van der Waals surface area contributed by atoms with E-state index in [2.05, 4.69) is 51.2 Å². The Hall–Kier alpha value is -6.70. The zero-order valence-corrected chi connectivity index (χ0v) is 34.9. The Morgan fingerprint density at radius 1 is 0.540 bits per heavy atom. The van der Waals surface area contributed by atoms with Gasteiger partial charge in [-0.15, -0.1) is 0 Å². The molecule has 0 radical (unpaired) electrons. The lowest BCUT2D eigenvalue weighted by molar-refractivity contribution is 0.279. The number of aromatic nitrogens is 6. The fourth-order valence-corrected chi connectivity index (χ4v) is 7.21. The van der Waals surface area contributed by atoms with Gasteiger partial charge < -0.3 is 56.0 Å². The molecule has 2 aromatic heterocycles. The van der Waals surface area contributed by atoms with E-state index in [1.54, 1.807) is 47.4 Å². The normalized spacial score (nSPS) is 11.9. The minimum atomic E-state index is -4.85. The van der Waals surface area contributed by atoms with Gasteiger partial charge in [0.2, 0.25) is 35.7 Å². The van der Waals surface area contributed by atoms with Crippen LogP contribution in [0.5, 0.6) is 0 Å². The molecule has 0 fully saturated rings. The second kappa shape index (κ2) is 21.9. The van der Waals surface area contributed by atoms with E-state index >= 15 is 0 Å². The summed E-state index contributed by atoms with van der Waals surface area (Å²) in [6.45, 7) is -0.609. The Kier molecular flexibility index (Phi) is 15.9. The molecule has 0 amide bonds. The molecule has 0 aliphatic heterocycles. The van der Waals surface area contributed by atoms with Gasteiger partial charge in [0.1, 0.15) is 4.90 Å². The fourth-order valence-electron chi connectivity index (χ4n) is 5.95. The van der Waals surface area contributed by atoms with Gasteiger partial charge in [-0.3, -0.25) is 8.76 Å². The number of hydrogen-bond acceptors (Lipinski definition) is 20. The van der Waals surface area contributed by atoms with Crippen molar-refractivity contribution >= 4 is 91.8 Å². The van der Waals surface area contributed by atoms with E-state index in [1.807, 2.05) is 24.3 Å². The molecule has 2 heterocycles. The van der Waals surface area contributed by atoms with Crippen LogP contribution in [-0.4, -0.2) is 125 Å². The fraction of sp³-hybridized carbons (Fsp3) is 0.200. The molecular weight excluding hydrogens is 857 g/mol. The van der Waals surface area contributed by atoms with Crippen LogP contribution in [0.2, 0.25) is 0 Å². The van der Waals surface area contributed by atoms with E-state index in [0.29, 0.717) is 11.4 Å². The van der Waals surface area contributed by atoms with Gasteiger partial charge in [0.15, 0.2) is 0 Å². The third-order valence-corrected chi connectivity index (χ3v) is 10.4. The van der Waals surface area contributed by atoms with Gasteiger partial charge in [0.05, 0.1) is 26.4 Å². The molecule has 0 saturated heterocycles. The van der Waals surface area contributed by atoms with Crippen LogP contribution < -0.4 is 31.1 Å². The first-order chi connectivity index (χ1) is 30.5. The van der Waals surface area contributed by atoms with Crippen molar-refractivity contribution in [2.75, 3.05) is 83.7 Å². The largest absolute Gasteiger partial charge is 0.768 e. The van der Waals surface area contributed by atoms with E-state index in [-0.39, 0.29) is 116 Å². The molecule has 0 aliphatic carbocycles. The van der Waals surface area contributed by atoms with Crippen molar-refractivity contribution in [3.05, 3.63) is 108 Å². The first kappa shape index (κ1) is 45.8. The van der Waals surface area contributed by atoms with Crippen molar-refractivity contribution in [3.8, 4) is 0 Å². The van der Waals surface area contributed by atoms with Crippen molar-refractivity contribution < 1.29 is 42.2 Å². The summed E-state index contributed by atoms with van der Waals surface area (Å²) < 4.78 is 60.8. The highest BCUT2D eigenvalue weighted by Crippen LogP contribution is 2.29.